The van der Waals surface area contributed by atoms with Crippen molar-refractivity contribution in [2.24, 2.45) is 0 Å². The van der Waals surface area contributed by atoms with Gasteiger partial charge in [-0.1, -0.05) is 47.6 Å². The van der Waals surface area contributed by atoms with Crippen LogP contribution in [-0.4, -0.2) is 18.6 Å². The van der Waals surface area contributed by atoms with E-state index < -0.39 is 10.0 Å². The van der Waals surface area contributed by atoms with E-state index in [0.717, 1.165) is 21.8 Å². The highest BCUT2D eigenvalue weighted by molar-refractivity contribution is 7.92. The maximum atomic E-state index is 12.7. The molecule has 0 aliphatic rings. The number of sulfonamides is 1. The Bertz CT molecular complexity index is 1210. The third-order valence-electron chi connectivity index (χ3n) is 4.17. The van der Waals surface area contributed by atoms with Crippen molar-refractivity contribution in [3.05, 3.63) is 71.4 Å². The SMILES string of the molecule is Cc1noc(C)c1S(=O)(=O)Nc1cccc(-c2csc(-c3ccccc3)n2)c1. The van der Waals surface area contributed by atoms with Gasteiger partial charge < -0.3 is 4.52 Å². The predicted molar refractivity (Wildman–Crippen MR) is 110 cm³/mol. The van der Waals surface area contributed by atoms with Crippen LogP contribution in [0.15, 0.2) is 69.4 Å². The Balaban J connectivity index is 1.63. The Morgan fingerprint density at radius 1 is 1.00 bits per heavy atom. The van der Waals surface area contributed by atoms with Crippen molar-refractivity contribution in [1.82, 2.24) is 10.1 Å². The third-order valence-corrected chi connectivity index (χ3v) is 6.69. The number of thiazole rings is 1. The van der Waals surface area contributed by atoms with Crippen LogP contribution in [0.25, 0.3) is 21.8 Å². The number of hydrogen-bond donors (Lipinski definition) is 1. The number of aromatic nitrogens is 2. The Morgan fingerprint density at radius 2 is 1.75 bits per heavy atom. The first-order valence-electron chi connectivity index (χ1n) is 8.51. The molecule has 2 aromatic carbocycles. The minimum absolute atomic E-state index is 0.0675. The molecule has 0 saturated carbocycles. The van der Waals surface area contributed by atoms with Crippen LogP contribution in [0.1, 0.15) is 11.5 Å². The zero-order valence-electron chi connectivity index (χ0n) is 15.2. The second-order valence-corrected chi connectivity index (χ2v) is 8.72. The van der Waals surface area contributed by atoms with Gasteiger partial charge in [0.25, 0.3) is 10.0 Å². The molecule has 2 aromatic heterocycles. The molecule has 0 bridgehead atoms. The maximum Gasteiger partial charge on any atom is 0.267 e. The minimum Gasteiger partial charge on any atom is -0.360 e. The smallest absolute Gasteiger partial charge is 0.267 e. The van der Waals surface area contributed by atoms with Gasteiger partial charge in [0.15, 0.2) is 10.7 Å². The van der Waals surface area contributed by atoms with Crippen LogP contribution < -0.4 is 4.72 Å². The summed E-state index contributed by atoms with van der Waals surface area (Å²) >= 11 is 1.55. The Morgan fingerprint density at radius 3 is 2.46 bits per heavy atom. The molecule has 28 heavy (non-hydrogen) atoms. The Hall–Kier alpha value is -2.97. The van der Waals surface area contributed by atoms with E-state index in [9.17, 15) is 8.42 Å². The van der Waals surface area contributed by atoms with Crippen LogP contribution in [0.2, 0.25) is 0 Å². The molecule has 0 aliphatic carbocycles. The van der Waals surface area contributed by atoms with Crippen molar-refractivity contribution in [3.8, 4) is 21.8 Å². The van der Waals surface area contributed by atoms with Crippen LogP contribution in [0, 0.1) is 13.8 Å². The largest absolute Gasteiger partial charge is 0.360 e. The molecular formula is C20H17N3O3S2. The number of hydrogen-bond acceptors (Lipinski definition) is 6. The summed E-state index contributed by atoms with van der Waals surface area (Å²) in [5.41, 5.74) is 3.45. The van der Waals surface area contributed by atoms with Gasteiger partial charge in [-0.15, -0.1) is 11.3 Å². The lowest BCUT2D eigenvalue weighted by molar-refractivity contribution is 0.390. The fourth-order valence-corrected chi connectivity index (χ4v) is 5.14. The standard InChI is InChI=1S/C20H17N3O3S2/c1-13-19(14(2)26-22-13)28(24,25)23-17-10-6-9-16(11-17)18-12-27-20(21-18)15-7-4-3-5-8-15/h3-12,23H,1-2H3. The molecule has 8 heteroatoms. The first-order chi connectivity index (χ1) is 13.4. The molecule has 4 aromatic rings. The zero-order valence-corrected chi connectivity index (χ0v) is 16.8. The van der Waals surface area contributed by atoms with Crippen LogP contribution >= 0.6 is 11.3 Å². The van der Waals surface area contributed by atoms with Crippen molar-refractivity contribution in [3.63, 3.8) is 0 Å². The number of nitrogens with zero attached hydrogens (tertiary/aromatic N) is 2. The minimum atomic E-state index is -3.79. The summed E-state index contributed by atoms with van der Waals surface area (Å²) in [5, 5.41) is 6.59. The predicted octanol–water partition coefficient (Wildman–Crippen LogP) is 4.88. The van der Waals surface area contributed by atoms with E-state index in [4.69, 9.17) is 4.52 Å². The van der Waals surface area contributed by atoms with Crippen LogP contribution in [0.5, 0.6) is 0 Å². The molecule has 2 heterocycles. The molecule has 1 N–H and O–H groups in total. The third kappa shape index (κ3) is 3.56. The fraction of sp³-hybridized carbons (Fsp3) is 0.100. The molecule has 0 unspecified atom stereocenters. The highest BCUT2D eigenvalue weighted by Crippen LogP contribution is 2.30. The lowest BCUT2D eigenvalue weighted by Crippen LogP contribution is -2.14. The molecule has 142 valence electrons. The van der Waals surface area contributed by atoms with Gasteiger partial charge in [0.2, 0.25) is 0 Å². The molecule has 6 nitrogen and oxygen atoms in total. The number of aryl methyl sites for hydroxylation is 2. The van der Waals surface area contributed by atoms with E-state index in [2.05, 4.69) is 14.9 Å². The van der Waals surface area contributed by atoms with E-state index in [-0.39, 0.29) is 10.7 Å². The van der Waals surface area contributed by atoms with Crippen molar-refractivity contribution in [2.45, 2.75) is 18.7 Å². The number of rotatable bonds is 5. The summed E-state index contributed by atoms with van der Waals surface area (Å²) in [4.78, 5) is 4.75. The van der Waals surface area contributed by atoms with E-state index >= 15 is 0 Å². The van der Waals surface area contributed by atoms with Gasteiger partial charge in [-0.25, -0.2) is 13.4 Å². The second-order valence-electron chi connectivity index (χ2n) is 6.24. The monoisotopic (exact) mass is 411 g/mol. The normalized spacial score (nSPS) is 11.5. The lowest BCUT2D eigenvalue weighted by Gasteiger charge is -2.08. The highest BCUT2D eigenvalue weighted by atomic mass is 32.2. The first kappa shape index (κ1) is 18.4. The summed E-state index contributed by atoms with van der Waals surface area (Å²) < 4.78 is 33.0. The fourth-order valence-electron chi connectivity index (χ4n) is 2.93. The lowest BCUT2D eigenvalue weighted by atomic mass is 10.1. The van der Waals surface area contributed by atoms with Crippen molar-refractivity contribution in [1.29, 1.82) is 0 Å². The molecule has 0 radical (unpaired) electrons. The number of nitrogens with one attached hydrogen (secondary N) is 1. The summed E-state index contributed by atoms with van der Waals surface area (Å²) in [7, 11) is -3.79. The second kappa shape index (κ2) is 7.21. The molecule has 0 saturated heterocycles. The van der Waals surface area contributed by atoms with Gasteiger partial charge in [-0.3, -0.25) is 4.72 Å². The molecule has 0 fully saturated rings. The van der Waals surface area contributed by atoms with Crippen molar-refractivity contribution in [2.75, 3.05) is 4.72 Å². The Kier molecular flexibility index (Phi) is 4.74. The number of benzene rings is 2. The van der Waals surface area contributed by atoms with Crippen LogP contribution in [0.3, 0.4) is 0 Å². The van der Waals surface area contributed by atoms with Gasteiger partial charge in [0.05, 0.1) is 5.69 Å². The van der Waals surface area contributed by atoms with Crippen molar-refractivity contribution < 1.29 is 12.9 Å². The summed E-state index contributed by atoms with van der Waals surface area (Å²) in [6.07, 6.45) is 0. The highest BCUT2D eigenvalue weighted by Gasteiger charge is 2.24. The topological polar surface area (TPSA) is 85.1 Å². The number of anilines is 1. The summed E-state index contributed by atoms with van der Waals surface area (Å²) in [6.45, 7) is 3.17. The Labute approximate surface area is 166 Å². The van der Waals surface area contributed by atoms with Crippen LogP contribution in [0.4, 0.5) is 5.69 Å². The van der Waals surface area contributed by atoms with Crippen molar-refractivity contribution >= 4 is 27.0 Å². The molecule has 0 amide bonds. The first-order valence-corrected chi connectivity index (χ1v) is 10.9. The molecular weight excluding hydrogens is 394 g/mol. The van der Waals surface area contributed by atoms with Gasteiger partial charge in [0, 0.05) is 22.2 Å². The quantitative estimate of drug-likeness (QED) is 0.506. The van der Waals surface area contributed by atoms with E-state index in [1.54, 1.807) is 43.4 Å². The van der Waals surface area contributed by atoms with Crippen LogP contribution in [-0.2, 0) is 10.0 Å². The zero-order chi connectivity index (χ0) is 19.7. The molecule has 0 aliphatic heterocycles. The van der Waals surface area contributed by atoms with Gasteiger partial charge in [-0.2, -0.15) is 0 Å². The maximum absolute atomic E-state index is 12.7. The summed E-state index contributed by atoms with van der Waals surface area (Å²) in [6, 6.07) is 17.1. The average Bonchev–Trinajstić information content (AvgIpc) is 3.29. The summed E-state index contributed by atoms with van der Waals surface area (Å²) in [5.74, 6) is 0.258. The molecule has 0 atom stereocenters. The average molecular weight is 412 g/mol. The molecule has 0 spiro atoms. The van der Waals surface area contributed by atoms with E-state index in [0.29, 0.717) is 11.4 Å². The van der Waals surface area contributed by atoms with Gasteiger partial charge in [0.1, 0.15) is 10.7 Å². The van der Waals surface area contributed by atoms with E-state index in [1.807, 2.05) is 41.8 Å². The van der Waals surface area contributed by atoms with Gasteiger partial charge in [-0.05, 0) is 26.0 Å². The van der Waals surface area contributed by atoms with E-state index in [1.165, 1.54) is 0 Å². The molecule has 4 rings (SSSR count). The van der Waals surface area contributed by atoms with Gasteiger partial charge >= 0.3 is 0 Å².